The summed E-state index contributed by atoms with van der Waals surface area (Å²) < 4.78 is 56.7. The number of sulfonamides is 1. The molecule has 1 amide bonds. The third kappa shape index (κ3) is 5.59. The average molecular weight is 473 g/mol. The third-order valence-corrected chi connectivity index (χ3v) is 9.75. The van der Waals surface area contributed by atoms with Gasteiger partial charge in [-0.1, -0.05) is 13.3 Å². The minimum absolute atomic E-state index is 0.00301. The van der Waals surface area contributed by atoms with Gasteiger partial charge in [-0.2, -0.15) is 4.31 Å². The molecule has 8 nitrogen and oxygen atoms in total. The van der Waals surface area contributed by atoms with Crippen LogP contribution in [0.3, 0.4) is 0 Å². The fraction of sp³-hybridized carbons (Fsp3) is 0.667. The van der Waals surface area contributed by atoms with E-state index in [1.807, 2.05) is 6.92 Å². The second-order valence-electron chi connectivity index (χ2n) is 8.32. The van der Waals surface area contributed by atoms with Gasteiger partial charge in [-0.25, -0.2) is 16.8 Å². The van der Waals surface area contributed by atoms with Gasteiger partial charge in [0.2, 0.25) is 15.9 Å². The second-order valence-corrected chi connectivity index (χ2v) is 12.5. The number of benzene rings is 1. The molecular weight excluding hydrogens is 440 g/mol. The predicted molar refractivity (Wildman–Crippen MR) is 118 cm³/mol. The monoisotopic (exact) mass is 472 g/mol. The summed E-state index contributed by atoms with van der Waals surface area (Å²) in [4.78, 5) is 15.3. The van der Waals surface area contributed by atoms with Crippen LogP contribution in [0.5, 0.6) is 5.75 Å². The number of hydrogen-bond donors (Lipinski definition) is 0. The maximum Gasteiger partial charge on any atom is 0.243 e. The Labute approximate surface area is 185 Å². The first-order valence-corrected chi connectivity index (χ1v) is 14.1. The third-order valence-electron chi connectivity index (χ3n) is 6.12. The molecule has 31 heavy (non-hydrogen) atoms. The summed E-state index contributed by atoms with van der Waals surface area (Å²) in [7, 11) is -5.32. The van der Waals surface area contributed by atoms with E-state index in [0.717, 1.165) is 12.8 Å². The molecule has 0 aromatic heterocycles. The quantitative estimate of drug-likeness (QED) is 0.573. The number of amides is 1. The summed E-state index contributed by atoms with van der Waals surface area (Å²) >= 11 is 0. The summed E-state index contributed by atoms with van der Waals surface area (Å²) in [6.07, 6.45) is 3.35. The smallest absolute Gasteiger partial charge is 0.243 e. The molecule has 2 heterocycles. The molecular formula is C21H32N2O6S2. The van der Waals surface area contributed by atoms with Crippen LogP contribution < -0.4 is 4.74 Å². The lowest BCUT2D eigenvalue weighted by molar-refractivity contribution is -0.138. The molecule has 0 saturated carbocycles. The molecule has 0 radical (unpaired) electrons. The van der Waals surface area contributed by atoms with Crippen LogP contribution >= 0.6 is 0 Å². The highest BCUT2D eigenvalue weighted by Gasteiger charge is 2.39. The van der Waals surface area contributed by atoms with Gasteiger partial charge < -0.3 is 9.64 Å². The molecule has 2 aliphatic rings. The van der Waals surface area contributed by atoms with Crippen molar-refractivity contribution in [2.75, 3.05) is 38.2 Å². The summed E-state index contributed by atoms with van der Waals surface area (Å²) in [6, 6.07) is 5.92. The summed E-state index contributed by atoms with van der Waals surface area (Å²) in [5.41, 5.74) is 0. The molecule has 1 aromatic carbocycles. The molecule has 2 aliphatic heterocycles. The van der Waals surface area contributed by atoms with Crippen molar-refractivity contribution in [3.63, 3.8) is 0 Å². The second kappa shape index (κ2) is 9.87. The SMILES string of the molecule is CCCCN(C(=O)C1CCCN(S(=O)(=O)c2ccc(OC)cc2)C1)C1CCS(=O)(=O)C1. The highest BCUT2D eigenvalue weighted by molar-refractivity contribution is 7.91. The average Bonchev–Trinajstić information content (AvgIpc) is 3.13. The normalized spacial score (nSPS) is 24.1. The molecule has 3 rings (SSSR count). The molecule has 174 valence electrons. The number of ether oxygens (including phenoxy) is 1. The van der Waals surface area contributed by atoms with Gasteiger partial charge in [-0.3, -0.25) is 4.79 Å². The number of sulfone groups is 1. The molecule has 0 bridgehead atoms. The minimum atomic E-state index is -3.72. The Balaban J connectivity index is 1.76. The first-order valence-electron chi connectivity index (χ1n) is 10.8. The van der Waals surface area contributed by atoms with E-state index in [9.17, 15) is 21.6 Å². The zero-order valence-electron chi connectivity index (χ0n) is 18.2. The van der Waals surface area contributed by atoms with Crippen LogP contribution in [-0.2, 0) is 24.7 Å². The van der Waals surface area contributed by atoms with Crippen molar-refractivity contribution in [1.29, 1.82) is 0 Å². The summed E-state index contributed by atoms with van der Waals surface area (Å²) in [5, 5.41) is 0. The fourth-order valence-electron chi connectivity index (χ4n) is 4.32. The molecule has 2 atom stereocenters. The molecule has 2 unspecified atom stereocenters. The van der Waals surface area contributed by atoms with Crippen molar-refractivity contribution < 1.29 is 26.4 Å². The van der Waals surface area contributed by atoms with E-state index in [4.69, 9.17) is 4.74 Å². The molecule has 10 heteroatoms. The van der Waals surface area contributed by atoms with E-state index >= 15 is 0 Å². The number of carbonyl (C=O) groups is 1. The van der Waals surface area contributed by atoms with E-state index < -0.39 is 25.8 Å². The van der Waals surface area contributed by atoms with E-state index in [1.54, 1.807) is 17.0 Å². The predicted octanol–water partition coefficient (Wildman–Crippen LogP) is 1.91. The summed E-state index contributed by atoms with van der Waals surface area (Å²) in [6.45, 7) is 3.02. The Morgan fingerprint density at radius 3 is 2.52 bits per heavy atom. The highest BCUT2D eigenvalue weighted by Crippen LogP contribution is 2.28. The first-order chi connectivity index (χ1) is 14.7. The largest absolute Gasteiger partial charge is 0.497 e. The number of methoxy groups -OCH3 is 1. The van der Waals surface area contributed by atoms with Gasteiger partial charge in [-0.05, 0) is 49.9 Å². The van der Waals surface area contributed by atoms with E-state index in [2.05, 4.69) is 0 Å². The number of unbranched alkanes of at least 4 members (excludes halogenated alkanes) is 1. The fourth-order valence-corrected chi connectivity index (χ4v) is 7.57. The van der Waals surface area contributed by atoms with Crippen molar-refractivity contribution >= 4 is 25.8 Å². The van der Waals surface area contributed by atoms with Crippen LogP contribution in [0.2, 0.25) is 0 Å². The van der Waals surface area contributed by atoms with Crippen LogP contribution in [-0.4, -0.2) is 76.2 Å². The number of nitrogens with zero attached hydrogens (tertiary/aromatic N) is 2. The zero-order chi connectivity index (χ0) is 22.6. The van der Waals surface area contributed by atoms with E-state index in [0.29, 0.717) is 38.1 Å². The molecule has 2 fully saturated rings. The Hall–Kier alpha value is -1.65. The van der Waals surface area contributed by atoms with E-state index in [-0.39, 0.29) is 34.9 Å². The van der Waals surface area contributed by atoms with Crippen LogP contribution in [0.4, 0.5) is 0 Å². The van der Waals surface area contributed by atoms with Crippen molar-refractivity contribution in [2.45, 2.75) is 50.0 Å². The van der Waals surface area contributed by atoms with Gasteiger partial charge >= 0.3 is 0 Å². The lowest BCUT2D eigenvalue weighted by atomic mass is 9.97. The van der Waals surface area contributed by atoms with Crippen molar-refractivity contribution in [1.82, 2.24) is 9.21 Å². The van der Waals surface area contributed by atoms with Crippen LogP contribution in [0, 0.1) is 5.92 Å². The van der Waals surface area contributed by atoms with Gasteiger partial charge in [0.25, 0.3) is 0 Å². The highest BCUT2D eigenvalue weighted by atomic mass is 32.2. The van der Waals surface area contributed by atoms with Gasteiger partial charge in [0.1, 0.15) is 5.75 Å². The van der Waals surface area contributed by atoms with Crippen LogP contribution in [0.25, 0.3) is 0 Å². The van der Waals surface area contributed by atoms with Crippen molar-refractivity contribution in [3.05, 3.63) is 24.3 Å². The van der Waals surface area contributed by atoms with Crippen molar-refractivity contribution in [2.24, 2.45) is 5.92 Å². The maximum atomic E-state index is 13.4. The van der Waals surface area contributed by atoms with E-state index in [1.165, 1.54) is 23.5 Å². The van der Waals surface area contributed by atoms with Gasteiger partial charge in [0.05, 0.1) is 29.4 Å². The summed E-state index contributed by atoms with van der Waals surface area (Å²) in [5.74, 6) is 0.107. The van der Waals surface area contributed by atoms with Crippen molar-refractivity contribution in [3.8, 4) is 5.75 Å². The number of piperidine rings is 1. The topological polar surface area (TPSA) is 101 Å². The van der Waals surface area contributed by atoms with Crippen LogP contribution in [0.15, 0.2) is 29.2 Å². The minimum Gasteiger partial charge on any atom is -0.497 e. The lowest BCUT2D eigenvalue weighted by Gasteiger charge is -2.36. The Bertz CT molecular complexity index is 976. The molecule has 2 saturated heterocycles. The zero-order valence-corrected chi connectivity index (χ0v) is 19.8. The van der Waals surface area contributed by atoms with Gasteiger partial charge in [-0.15, -0.1) is 0 Å². The Kier molecular flexibility index (Phi) is 7.64. The standard InChI is InChI=1S/C21H32N2O6S2/c1-3-4-13-23(18-11-14-30(25,26)16-18)21(24)17-6-5-12-22(15-17)31(27,28)20-9-7-19(29-2)8-10-20/h7-10,17-18H,3-6,11-16H2,1-2H3. The Morgan fingerprint density at radius 2 is 1.94 bits per heavy atom. The number of carbonyl (C=O) groups excluding carboxylic acids is 1. The maximum absolute atomic E-state index is 13.4. The Morgan fingerprint density at radius 1 is 1.23 bits per heavy atom. The molecule has 0 aliphatic carbocycles. The molecule has 0 spiro atoms. The molecule has 1 aromatic rings. The lowest BCUT2D eigenvalue weighted by Crippen LogP contribution is -2.50. The number of rotatable bonds is 8. The van der Waals surface area contributed by atoms with Gasteiger partial charge in [0, 0.05) is 25.7 Å². The first kappa shape index (κ1) is 24.0. The van der Waals surface area contributed by atoms with Gasteiger partial charge in [0.15, 0.2) is 9.84 Å². The molecule has 0 N–H and O–H groups in total. The van der Waals surface area contributed by atoms with Crippen LogP contribution in [0.1, 0.15) is 39.0 Å². The number of hydrogen-bond acceptors (Lipinski definition) is 6.